The van der Waals surface area contributed by atoms with Crippen LogP contribution in [0.25, 0.3) is 16.9 Å². The van der Waals surface area contributed by atoms with Crippen LogP contribution < -0.4 is 21.5 Å². The Labute approximate surface area is 203 Å². The number of pyridine rings is 1. The Morgan fingerprint density at radius 3 is 2.86 bits per heavy atom. The molecule has 0 bridgehead atoms. The van der Waals surface area contributed by atoms with Crippen molar-refractivity contribution in [3.8, 4) is 5.82 Å². The molecule has 3 aromatic heterocycles. The molecule has 3 N–H and O–H groups in total. The van der Waals surface area contributed by atoms with Crippen molar-refractivity contribution in [2.45, 2.75) is 38.9 Å². The van der Waals surface area contributed by atoms with Crippen molar-refractivity contribution >= 4 is 22.7 Å². The maximum absolute atomic E-state index is 13.2. The van der Waals surface area contributed by atoms with Gasteiger partial charge in [0, 0.05) is 18.4 Å². The normalized spacial score (nSPS) is 13.6. The van der Waals surface area contributed by atoms with Gasteiger partial charge in [0.2, 0.25) is 5.95 Å². The van der Waals surface area contributed by atoms with E-state index in [9.17, 15) is 4.79 Å². The van der Waals surface area contributed by atoms with Gasteiger partial charge in [-0.3, -0.25) is 4.79 Å². The summed E-state index contributed by atoms with van der Waals surface area (Å²) >= 11 is 0. The highest BCUT2D eigenvalue weighted by atomic mass is 16.1. The zero-order valence-corrected chi connectivity index (χ0v) is 20.3. The molecule has 0 saturated heterocycles. The van der Waals surface area contributed by atoms with Gasteiger partial charge in [0.05, 0.1) is 17.8 Å². The lowest BCUT2D eigenvalue weighted by Crippen LogP contribution is -2.34. The third-order valence-corrected chi connectivity index (χ3v) is 6.54. The first kappa shape index (κ1) is 22.9. The molecule has 0 spiro atoms. The minimum atomic E-state index is -0.342. The minimum Gasteiger partial charge on any atom is -0.324 e. The molecular weight excluding hydrogens is 440 g/mol. The topological polar surface area (TPSA) is 102 Å². The first-order valence-corrected chi connectivity index (χ1v) is 11.8. The van der Waals surface area contributed by atoms with E-state index in [2.05, 4.69) is 53.5 Å². The zero-order chi connectivity index (χ0) is 24.6. The lowest BCUT2D eigenvalue weighted by Gasteiger charge is -2.24. The second-order valence-electron chi connectivity index (χ2n) is 9.21. The smallest absolute Gasteiger partial charge is 0.278 e. The van der Waals surface area contributed by atoms with Gasteiger partial charge in [0.25, 0.3) is 5.56 Å². The summed E-state index contributed by atoms with van der Waals surface area (Å²) in [4.78, 5) is 27.3. The number of hydrogen-bond acceptors (Lipinski definition) is 7. The summed E-state index contributed by atoms with van der Waals surface area (Å²) in [7, 11) is 1.90. The van der Waals surface area contributed by atoms with Crippen LogP contribution in [0.2, 0.25) is 0 Å². The van der Waals surface area contributed by atoms with E-state index < -0.39 is 0 Å². The van der Waals surface area contributed by atoms with Crippen molar-refractivity contribution in [1.82, 2.24) is 34.9 Å². The van der Waals surface area contributed by atoms with Crippen LogP contribution in [0.15, 0.2) is 60.0 Å². The van der Waals surface area contributed by atoms with Crippen molar-refractivity contribution in [1.29, 1.82) is 0 Å². The molecule has 0 atom stereocenters. The second kappa shape index (κ2) is 9.09. The maximum atomic E-state index is 13.2. The summed E-state index contributed by atoms with van der Waals surface area (Å²) in [6.45, 7) is 10.1. The minimum absolute atomic E-state index is 0.189. The van der Waals surface area contributed by atoms with E-state index in [1.54, 1.807) is 21.6 Å². The van der Waals surface area contributed by atoms with Gasteiger partial charge in [-0.2, -0.15) is 4.98 Å². The van der Waals surface area contributed by atoms with E-state index in [1.165, 1.54) is 11.1 Å². The maximum Gasteiger partial charge on any atom is 0.278 e. The zero-order valence-electron chi connectivity index (χ0n) is 20.3. The standard InChI is InChI=1S/C26H30N8O/c1-5-13-33-24(35)20-16-29-25(30-19-10-9-17-11-12-28-15-18(17)14-19)32-23(20)34(33)22-8-6-7-21(31-22)26(2,3)27-4/h5-10,14,16,27-28H,1,11-13,15H2,2-4H3,(H,29,30,32). The largest absolute Gasteiger partial charge is 0.324 e. The summed E-state index contributed by atoms with van der Waals surface area (Å²) in [6, 6.07) is 12.1. The van der Waals surface area contributed by atoms with Crippen molar-refractivity contribution in [3.05, 3.63) is 82.4 Å². The van der Waals surface area contributed by atoms with Gasteiger partial charge in [-0.05, 0) is 69.3 Å². The van der Waals surface area contributed by atoms with Crippen molar-refractivity contribution in [2.24, 2.45) is 0 Å². The summed E-state index contributed by atoms with van der Waals surface area (Å²) in [6.07, 6.45) is 4.29. The molecule has 1 aliphatic heterocycles. The van der Waals surface area contributed by atoms with Gasteiger partial charge in [0.15, 0.2) is 11.5 Å². The lowest BCUT2D eigenvalue weighted by atomic mass is 10.0. The SMILES string of the molecule is C=CCn1c(=O)c2cnc(Nc3ccc4c(c3)CNCC4)nc2n1-c1cccc(C(C)(C)NC)n1. The van der Waals surface area contributed by atoms with Crippen molar-refractivity contribution in [2.75, 3.05) is 18.9 Å². The van der Waals surface area contributed by atoms with E-state index in [0.29, 0.717) is 29.3 Å². The van der Waals surface area contributed by atoms with Gasteiger partial charge in [-0.1, -0.05) is 18.2 Å². The monoisotopic (exact) mass is 470 g/mol. The Kier molecular flexibility index (Phi) is 5.96. The quantitative estimate of drug-likeness (QED) is 0.357. The average Bonchev–Trinajstić information content (AvgIpc) is 3.15. The number of allylic oxidation sites excluding steroid dienone is 1. The Bertz CT molecular complexity index is 1470. The van der Waals surface area contributed by atoms with Crippen LogP contribution in [0, 0.1) is 0 Å². The Morgan fingerprint density at radius 1 is 1.20 bits per heavy atom. The molecule has 0 fully saturated rings. The molecule has 0 radical (unpaired) electrons. The van der Waals surface area contributed by atoms with Crippen LogP contribution in [0.3, 0.4) is 0 Å². The molecule has 180 valence electrons. The summed E-state index contributed by atoms with van der Waals surface area (Å²) in [5.74, 6) is 1.02. The third-order valence-electron chi connectivity index (χ3n) is 6.54. The van der Waals surface area contributed by atoms with E-state index in [4.69, 9.17) is 9.97 Å². The molecule has 4 aromatic rings. The van der Waals surface area contributed by atoms with Gasteiger partial charge in [-0.15, -0.1) is 6.58 Å². The number of fused-ring (bicyclic) bond motifs is 2. The fourth-order valence-corrected chi connectivity index (χ4v) is 4.31. The highest BCUT2D eigenvalue weighted by Gasteiger charge is 2.22. The van der Waals surface area contributed by atoms with Gasteiger partial charge < -0.3 is 16.0 Å². The van der Waals surface area contributed by atoms with Crippen LogP contribution >= 0.6 is 0 Å². The summed E-state index contributed by atoms with van der Waals surface area (Å²) in [5.41, 5.74) is 4.34. The second-order valence-corrected chi connectivity index (χ2v) is 9.21. The number of nitrogens with zero attached hydrogens (tertiary/aromatic N) is 5. The Balaban J connectivity index is 1.61. The first-order valence-electron chi connectivity index (χ1n) is 11.8. The van der Waals surface area contributed by atoms with E-state index in [0.717, 1.165) is 30.9 Å². The molecule has 1 aromatic carbocycles. The fraction of sp³-hybridized carbons (Fsp3) is 0.308. The Morgan fingerprint density at radius 2 is 2.06 bits per heavy atom. The number of rotatable bonds is 7. The first-order chi connectivity index (χ1) is 16.9. The van der Waals surface area contributed by atoms with Gasteiger partial charge >= 0.3 is 0 Å². The molecule has 0 amide bonds. The van der Waals surface area contributed by atoms with Crippen LogP contribution in [0.4, 0.5) is 11.6 Å². The highest BCUT2D eigenvalue weighted by molar-refractivity contribution is 5.77. The average molecular weight is 471 g/mol. The molecule has 0 unspecified atom stereocenters. The van der Waals surface area contributed by atoms with E-state index in [1.807, 2.05) is 31.3 Å². The number of benzene rings is 1. The van der Waals surface area contributed by atoms with E-state index >= 15 is 0 Å². The number of aromatic nitrogens is 5. The molecule has 35 heavy (non-hydrogen) atoms. The molecule has 9 nitrogen and oxygen atoms in total. The molecule has 0 aliphatic carbocycles. The highest BCUT2D eigenvalue weighted by Crippen LogP contribution is 2.23. The van der Waals surface area contributed by atoms with Gasteiger partial charge in [-0.25, -0.2) is 19.3 Å². The molecular formula is C26H30N8O. The van der Waals surface area contributed by atoms with Crippen molar-refractivity contribution < 1.29 is 0 Å². The van der Waals surface area contributed by atoms with E-state index in [-0.39, 0.29) is 11.1 Å². The number of hydrogen-bond donors (Lipinski definition) is 3. The predicted octanol–water partition coefficient (Wildman–Crippen LogP) is 3.01. The molecule has 0 saturated carbocycles. The molecule has 5 rings (SSSR count). The van der Waals surface area contributed by atoms with Crippen LogP contribution in [0.5, 0.6) is 0 Å². The molecule has 4 heterocycles. The number of anilines is 2. The van der Waals surface area contributed by atoms with Crippen LogP contribution in [-0.2, 0) is 25.0 Å². The molecule has 1 aliphatic rings. The van der Waals surface area contributed by atoms with Crippen LogP contribution in [0.1, 0.15) is 30.7 Å². The number of nitrogens with one attached hydrogen (secondary N) is 3. The van der Waals surface area contributed by atoms with Crippen molar-refractivity contribution in [3.63, 3.8) is 0 Å². The summed E-state index contributed by atoms with van der Waals surface area (Å²) in [5, 5.41) is 10.4. The lowest BCUT2D eigenvalue weighted by molar-refractivity contribution is 0.429. The summed E-state index contributed by atoms with van der Waals surface area (Å²) < 4.78 is 3.33. The Hall–Kier alpha value is -3.82. The van der Waals surface area contributed by atoms with Crippen LogP contribution in [-0.4, -0.2) is 37.9 Å². The van der Waals surface area contributed by atoms with Gasteiger partial charge in [0.1, 0.15) is 5.39 Å². The third kappa shape index (κ3) is 4.24. The fourth-order valence-electron chi connectivity index (χ4n) is 4.31. The molecule has 9 heteroatoms. The predicted molar refractivity (Wildman–Crippen MR) is 138 cm³/mol.